The summed E-state index contributed by atoms with van der Waals surface area (Å²) in [5.74, 6) is -0.811. The quantitative estimate of drug-likeness (QED) is 0.628. The fourth-order valence-electron chi connectivity index (χ4n) is 0.796. The number of nitrogens with zero attached hydrogens (tertiary/aromatic N) is 1. The van der Waals surface area contributed by atoms with Crippen molar-refractivity contribution in [3.05, 3.63) is 0 Å². The average molecular weight is 199 g/mol. The molecule has 0 aromatic carbocycles. The molecule has 13 heavy (non-hydrogen) atoms. The van der Waals surface area contributed by atoms with Gasteiger partial charge in [-0.15, -0.1) is 0 Å². The number of hydrogen-bond donors (Lipinski definition) is 2. The van der Waals surface area contributed by atoms with Crippen LogP contribution in [0.3, 0.4) is 0 Å². The third kappa shape index (κ3) is 6.35. The second-order valence-electron chi connectivity index (χ2n) is 2.82. The molecular formula is C6H12F3N3O. The molecule has 0 radical (unpaired) electrons. The number of primary amides is 1. The summed E-state index contributed by atoms with van der Waals surface area (Å²) < 4.78 is 35.3. The molecule has 0 aromatic rings. The second kappa shape index (κ2) is 4.43. The highest BCUT2D eigenvalue weighted by molar-refractivity contribution is 5.79. The summed E-state index contributed by atoms with van der Waals surface area (Å²) in [6.45, 7) is -1.30. The van der Waals surface area contributed by atoms with Crippen LogP contribution in [0.5, 0.6) is 0 Å². The van der Waals surface area contributed by atoms with E-state index in [1.54, 1.807) is 0 Å². The molecule has 1 amide bonds. The zero-order valence-corrected chi connectivity index (χ0v) is 7.14. The monoisotopic (exact) mass is 199 g/mol. The van der Waals surface area contributed by atoms with Gasteiger partial charge in [0, 0.05) is 6.54 Å². The van der Waals surface area contributed by atoms with Gasteiger partial charge in [-0.3, -0.25) is 9.69 Å². The van der Waals surface area contributed by atoms with Gasteiger partial charge >= 0.3 is 6.18 Å². The highest BCUT2D eigenvalue weighted by atomic mass is 19.4. The summed E-state index contributed by atoms with van der Waals surface area (Å²) in [5, 5.41) is 0. The van der Waals surface area contributed by atoms with Gasteiger partial charge in [0.1, 0.15) is 0 Å². The van der Waals surface area contributed by atoms with E-state index < -0.39 is 24.7 Å². The van der Waals surface area contributed by atoms with Crippen LogP contribution in [0.4, 0.5) is 13.2 Å². The van der Waals surface area contributed by atoms with E-state index in [0.717, 1.165) is 4.90 Å². The minimum absolute atomic E-state index is 0.200. The first kappa shape index (κ1) is 12.2. The third-order valence-electron chi connectivity index (χ3n) is 1.32. The summed E-state index contributed by atoms with van der Waals surface area (Å²) in [6, 6.07) is -1.06. The van der Waals surface area contributed by atoms with E-state index in [2.05, 4.69) is 0 Å². The SMILES string of the molecule is CN(CC(N)C(N)=O)CC(F)(F)F. The lowest BCUT2D eigenvalue weighted by Gasteiger charge is -2.20. The van der Waals surface area contributed by atoms with Crippen LogP contribution >= 0.6 is 0 Å². The predicted molar refractivity (Wildman–Crippen MR) is 40.7 cm³/mol. The van der Waals surface area contributed by atoms with Gasteiger partial charge in [0.2, 0.25) is 5.91 Å². The Hall–Kier alpha value is -0.820. The van der Waals surface area contributed by atoms with Crippen LogP contribution in [0.2, 0.25) is 0 Å². The number of alkyl halides is 3. The van der Waals surface area contributed by atoms with Gasteiger partial charge in [0.25, 0.3) is 0 Å². The molecule has 4 nitrogen and oxygen atoms in total. The maximum absolute atomic E-state index is 11.8. The molecule has 0 aliphatic heterocycles. The molecule has 0 aliphatic carbocycles. The van der Waals surface area contributed by atoms with Crippen LogP contribution in [0.25, 0.3) is 0 Å². The van der Waals surface area contributed by atoms with E-state index >= 15 is 0 Å². The van der Waals surface area contributed by atoms with E-state index in [-0.39, 0.29) is 6.54 Å². The molecule has 0 aliphatic rings. The lowest BCUT2D eigenvalue weighted by Crippen LogP contribution is -2.46. The summed E-state index contributed by atoms with van der Waals surface area (Å²) in [5.41, 5.74) is 9.93. The lowest BCUT2D eigenvalue weighted by molar-refractivity contribution is -0.144. The smallest absolute Gasteiger partial charge is 0.368 e. The molecule has 0 bridgehead atoms. The van der Waals surface area contributed by atoms with E-state index in [1.165, 1.54) is 7.05 Å². The van der Waals surface area contributed by atoms with Crippen molar-refractivity contribution in [2.24, 2.45) is 11.5 Å². The molecule has 0 saturated carbocycles. The molecular weight excluding hydrogens is 187 g/mol. The van der Waals surface area contributed by atoms with Crippen molar-refractivity contribution < 1.29 is 18.0 Å². The van der Waals surface area contributed by atoms with Crippen molar-refractivity contribution in [2.45, 2.75) is 12.2 Å². The van der Waals surface area contributed by atoms with Gasteiger partial charge in [-0.1, -0.05) is 0 Å². The van der Waals surface area contributed by atoms with Gasteiger partial charge in [0.15, 0.2) is 0 Å². The maximum Gasteiger partial charge on any atom is 0.401 e. The van der Waals surface area contributed by atoms with Gasteiger partial charge < -0.3 is 11.5 Å². The third-order valence-corrected chi connectivity index (χ3v) is 1.32. The van der Waals surface area contributed by atoms with Crippen molar-refractivity contribution in [3.8, 4) is 0 Å². The molecule has 0 fully saturated rings. The van der Waals surface area contributed by atoms with Crippen molar-refractivity contribution in [2.75, 3.05) is 20.1 Å². The maximum atomic E-state index is 11.8. The molecule has 1 atom stereocenters. The highest BCUT2D eigenvalue weighted by Gasteiger charge is 2.30. The van der Waals surface area contributed by atoms with Gasteiger partial charge in [-0.25, -0.2) is 0 Å². The Kier molecular flexibility index (Phi) is 4.15. The first-order valence-electron chi connectivity index (χ1n) is 3.52. The topological polar surface area (TPSA) is 72.3 Å². The Morgan fingerprint density at radius 2 is 2.00 bits per heavy atom. The van der Waals surface area contributed by atoms with Crippen LogP contribution in [0.15, 0.2) is 0 Å². The molecule has 7 heteroatoms. The normalized spacial score (nSPS) is 14.6. The zero-order valence-electron chi connectivity index (χ0n) is 7.14. The van der Waals surface area contributed by atoms with Gasteiger partial charge in [0.05, 0.1) is 12.6 Å². The number of hydrogen-bond acceptors (Lipinski definition) is 3. The van der Waals surface area contributed by atoms with Crippen LogP contribution in [-0.2, 0) is 4.79 Å². The van der Waals surface area contributed by atoms with Crippen molar-refractivity contribution in [3.63, 3.8) is 0 Å². The van der Waals surface area contributed by atoms with E-state index in [4.69, 9.17) is 11.5 Å². The van der Waals surface area contributed by atoms with Crippen LogP contribution in [0, 0.1) is 0 Å². The second-order valence-corrected chi connectivity index (χ2v) is 2.82. The summed E-state index contributed by atoms with van der Waals surface area (Å²) >= 11 is 0. The number of rotatable bonds is 4. The molecule has 0 rings (SSSR count). The Bertz CT molecular complexity index is 182. The van der Waals surface area contributed by atoms with Crippen LogP contribution in [0.1, 0.15) is 0 Å². The number of amides is 1. The molecule has 0 heterocycles. The Labute approximate surface area is 73.7 Å². The minimum Gasteiger partial charge on any atom is -0.368 e. The molecule has 0 saturated heterocycles. The summed E-state index contributed by atoms with van der Waals surface area (Å²) in [7, 11) is 1.22. The lowest BCUT2D eigenvalue weighted by atomic mass is 10.3. The fraction of sp³-hybridized carbons (Fsp3) is 0.833. The Balaban J connectivity index is 3.88. The largest absolute Gasteiger partial charge is 0.401 e. The van der Waals surface area contributed by atoms with E-state index in [0.29, 0.717) is 0 Å². The predicted octanol–water partition coefficient (Wildman–Crippen LogP) is -0.707. The van der Waals surface area contributed by atoms with E-state index in [9.17, 15) is 18.0 Å². The molecule has 78 valence electrons. The number of likely N-dealkylation sites (N-methyl/N-ethyl adjacent to an activating group) is 1. The molecule has 4 N–H and O–H groups in total. The molecule has 0 spiro atoms. The zero-order chi connectivity index (χ0) is 10.6. The van der Waals surface area contributed by atoms with Crippen molar-refractivity contribution in [1.29, 1.82) is 0 Å². The van der Waals surface area contributed by atoms with Crippen LogP contribution < -0.4 is 11.5 Å². The summed E-state index contributed by atoms with van der Waals surface area (Å²) in [4.78, 5) is 11.3. The first-order valence-corrected chi connectivity index (χ1v) is 3.52. The van der Waals surface area contributed by atoms with Gasteiger partial charge in [-0.2, -0.15) is 13.2 Å². The minimum atomic E-state index is -4.29. The Morgan fingerprint density at radius 1 is 1.54 bits per heavy atom. The number of halogens is 3. The van der Waals surface area contributed by atoms with Gasteiger partial charge in [-0.05, 0) is 7.05 Å². The number of carbonyl (C=O) groups is 1. The number of nitrogens with two attached hydrogens (primary N) is 2. The summed E-state index contributed by atoms with van der Waals surface area (Å²) in [6.07, 6.45) is -4.29. The fourth-order valence-corrected chi connectivity index (χ4v) is 0.796. The Morgan fingerprint density at radius 3 is 2.31 bits per heavy atom. The van der Waals surface area contributed by atoms with Crippen LogP contribution in [-0.4, -0.2) is 43.2 Å². The molecule has 0 aromatic heterocycles. The molecule has 1 unspecified atom stereocenters. The first-order chi connectivity index (χ1) is 5.72. The average Bonchev–Trinajstić information content (AvgIpc) is 1.81. The number of carbonyl (C=O) groups excluding carboxylic acids is 1. The van der Waals surface area contributed by atoms with E-state index in [1.807, 2.05) is 0 Å². The standard InChI is InChI=1S/C6H12F3N3O/c1-12(3-6(7,8)9)2-4(10)5(11)13/h4H,2-3,10H2,1H3,(H2,11,13). The van der Waals surface area contributed by atoms with Crippen molar-refractivity contribution in [1.82, 2.24) is 4.90 Å². The highest BCUT2D eigenvalue weighted by Crippen LogP contribution is 2.15. The van der Waals surface area contributed by atoms with Crippen molar-refractivity contribution >= 4 is 5.91 Å².